The van der Waals surface area contributed by atoms with Gasteiger partial charge in [-0.25, -0.2) is 0 Å². The van der Waals surface area contributed by atoms with Crippen molar-refractivity contribution in [3.05, 3.63) is 59.7 Å². The fourth-order valence-electron chi connectivity index (χ4n) is 2.62. The average molecular weight is 357 g/mol. The van der Waals surface area contributed by atoms with Crippen molar-refractivity contribution >= 4 is 11.9 Å². The Labute approximate surface area is 152 Å². The van der Waals surface area contributed by atoms with Crippen LogP contribution in [-0.2, 0) is 22.4 Å². The number of methoxy groups -OCH3 is 2. The SMILES string of the molecule is COc1ccc(CC(=O)NCC(Cc2ccccc2)C(=O)O)cc1OC. The molecular formula is C20H23NO5. The maximum Gasteiger partial charge on any atom is 0.308 e. The minimum atomic E-state index is -0.930. The molecule has 0 bridgehead atoms. The maximum absolute atomic E-state index is 12.2. The third-order valence-corrected chi connectivity index (χ3v) is 4.03. The van der Waals surface area contributed by atoms with Crippen molar-refractivity contribution in [3.8, 4) is 11.5 Å². The molecule has 0 radical (unpaired) electrons. The van der Waals surface area contributed by atoms with E-state index in [9.17, 15) is 14.7 Å². The van der Waals surface area contributed by atoms with E-state index >= 15 is 0 Å². The molecule has 0 saturated carbocycles. The molecule has 0 fully saturated rings. The van der Waals surface area contributed by atoms with Crippen LogP contribution in [0, 0.1) is 5.92 Å². The van der Waals surface area contributed by atoms with Gasteiger partial charge in [0.2, 0.25) is 5.91 Å². The summed E-state index contributed by atoms with van der Waals surface area (Å²) in [7, 11) is 3.08. The van der Waals surface area contributed by atoms with E-state index in [-0.39, 0.29) is 18.9 Å². The van der Waals surface area contributed by atoms with Gasteiger partial charge in [0, 0.05) is 6.54 Å². The summed E-state index contributed by atoms with van der Waals surface area (Å²) in [6, 6.07) is 14.6. The maximum atomic E-state index is 12.2. The minimum absolute atomic E-state index is 0.0797. The normalized spacial score (nSPS) is 11.5. The van der Waals surface area contributed by atoms with Crippen LogP contribution in [0.5, 0.6) is 11.5 Å². The van der Waals surface area contributed by atoms with Gasteiger partial charge in [-0.15, -0.1) is 0 Å². The number of hydrogen-bond acceptors (Lipinski definition) is 4. The van der Waals surface area contributed by atoms with Gasteiger partial charge in [-0.2, -0.15) is 0 Å². The van der Waals surface area contributed by atoms with Crippen molar-refractivity contribution in [2.24, 2.45) is 5.92 Å². The molecule has 2 aromatic carbocycles. The van der Waals surface area contributed by atoms with Gasteiger partial charge in [-0.1, -0.05) is 36.4 Å². The number of carboxylic acids is 1. The highest BCUT2D eigenvalue weighted by molar-refractivity contribution is 5.79. The Morgan fingerprint density at radius 2 is 1.69 bits per heavy atom. The molecule has 0 aliphatic rings. The van der Waals surface area contributed by atoms with Crippen LogP contribution in [0.3, 0.4) is 0 Å². The van der Waals surface area contributed by atoms with E-state index < -0.39 is 11.9 Å². The molecule has 2 aromatic rings. The largest absolute Gasteiger partial charge is 0.493 e. The number of nitrogens with one attached hydrogen (secondary N) is 1. The van der Waals surface area contributed by atoms with Crippen LogP contribution >= 0.6 is 0 Å². The van der Waals surface area contributed by atoms with Crippen molar-refractivity contribution in [2.45, 2.75) is 12.8 Å². The zero-order valence-corrected chi connectivity index (χ0v) is 14.9. The Morgan fingerprint density at radius 1 is 1.00 bits per heavy atom. The lowest BCUT2D eigenvalue weighted by atomic mass is 9.99. The van der Waals surface area contributed by atoms with Crippen LogP contribution in [0.4, 0.5) is 0 Å². The molecule has 6 nitrogen and oxygen atoms in total. The fourth-order valence-corrected chi connectivity index (χ4v) is 2.62. The topological polar surface area (TPSA) is 84.9 Å². The molecule has 1 amide bonds. The first kappa shape index (κ1) is 19.3. The summed E-state index contributed by atoms with van der Waals surface area (Å²) in [6.07, 6.45) is 0.505. The number of carboxylic acid groups (broad SMARTS) is 1. The number of hydrogen-bond donors (Lipinski definition) is 2. The summed E-state index contributed by atoms with van der Waals surface area (Å²) < 4.78 is 10.4. The Bertz CT molecular complexity index is 745. The van der Waals surface area contributed by atoms with E-state index in [2.05, 4.69) is 5.32 Å². The number of ether oxygens (including phenoxy) is 2. The second-order valence-corrected chi connectivity index (χ2v) is 5.90. The predicted octanol–water partition coefficient (Wildman–Crippen LogP) is 2.31. The number of carbonyl (C=O) groups excluding carboxylic acids is 1. The molecule has 1 unspecified atom stereocenters. The van der Waals surface area contributed by atoms with E-state index in [1.807, 2.05) is 30.3 Å². The van der Waals surface area contributed by atoms with Crippen molar-refractivity contribution in [2.75, 3.05) is 20.8 Å². The summed E-state index contributed by atoms with van der Waals surface area (Å²) in [5.41, 5.74) is 1.68. The number of carbonyl (C=O) groups is 2. The third kappa shape index (κ3) is 5.51. The predicted molar refractivity (Wildman–Crippen MR) is 97.5 cm³/mol. The second-order valence-electron chi connectivity index (χ2n) is 5.90. The van der Waals surface area contributed by atoms with Crippen LogP contribution in [-0.4, -0.2) is 37.7 Å². The van der Waals surface area contributed by atoms with Crippen LogP contribution in [0.25, 0.3) is 0 Å². The minimum Gasteiger partial charge on any atom is -0.493 e. The van der Waals surface area contributed by atoms with Crippen molar-refractivity contribution < 1.29 is 24.2 Å². The molecule has 0 spiro atoms. The first-order valence-corrected chi connectivity index (χ1v) is 8.27. The van der Waals surface area contributed by atoms with Crippen LogP contribution in [0.1, 0.15) is 11.1 Å². The van der Waals surface area contributed by atoms with E-state index in [1.165, 1.54) is 7.11 Å². The van der Waals surface area contributed by atoms with Gasteiger partial charge in [-0.3, -0.25) is 9.59 Å². The van der Waals surface area contributed by atoms with Gasteiger partial charge < -0.3 is 19.9 Å². The molecule has 26 heavy (non-hydrogen) atoms. The summed E-state index contributed by atoms with van der Waals surface area (Å²) in [6.45, 7) is 0.0797. The number of benzene rings is 2. The van der Waals surface area contributed by atoms with Gasteiger partial charge in [0.05, 0.1) is 26.6 Å². The molecule has 0 saturated heterocycles. The van der Waals surface area contributed by atoms with Crippen molar-refractivity contribution in [1.82, 2.24) is 5.32 Å². The third-order valence-electron chi connectivity index (χ3n) is 4.03. The molecule has 0 aromatic heterocycles. The van der Waals surface area contributed by atoms with Crippen LogP contribution in [0.2, 0.25) is 0 Å². The van der Waals surface area contributed by atoms with E-state index in [0.717, 1.165) is 11.1 Å². The zero-order valence-electron chi connectivity index (χ0n) is 14.9. The quantitative estimate of drug-likeness (QED) is 0.719. The van der Waals surface area contributed by atoms with Gasteiger partial charge in [0.25, 0.3) is 0 Å². The summed E-state index contributed by atoms with van der Waals surface area (Å²) in [5, 5.41) is 12.1. The Hall–Kier alpha value is -3.02. The first-order valence-electron chi connectivity index (χ1n) is 8.27. The summed E-state index contributed by atoms with van der Waals surface area (Å²) in [4.78, 5) is 23.6. The lowest BCUT2D eigenvalue weighted by Gasteiger charge is -2.14. The van der Waals surface area contributed by atoms with E-state index in [0.29, 0.717) is 17.9 Å². The van der Waals surface area contributed by atoms with Crippen LogP contribution < -0.4 is 14.8 Å². The smallest absolute Gasteiger partial charge is 0.308 e. The highest BCUT2D eigenvalue weighted by Crippen LogP contribution is 2.27. The monoisotopic (exact) mass is 357 g/mol. The van der Waals surface area contributed by atoms with Crippen molar-refractivity contribution in [1.29, 1.82) is 0 Å². The highest BCUT2D eigenvalue weighted by Gasteiger charge is 2.19. The number of aliphatic carboxylic acids is 1. The van der Waals surface area contributed by atoms with Gasteiger partial charge in [-0.05, 0) is 29.7 Å². The molecule has 0 heterocycles. The molecule has 6 heteroatoms. The molecular weight excluding hydrogens is 334 g/mol. The zero-order chi connectivity index (χ0) is 18.9. The summed E-state index contributed by atoms with van der Waals surface area (Å²) >= 11 is 0. The molecule has 0 aliphatic carbocycles. The Morgan fingerprint density at radius 3 is 2.31 bits per heavy atom. The van der Waals surface area contributed by atoms with Gasteiger partial charge >= 0.3 is 5.97 Å². The highest BCUT2D eigenvalue weighted by atomic mass is 16.5. The number of amides is 1. The molecule has 2 rings (SSSR count). The molecule has 138 valence electrons. The fraction of sp³-hybridized carbons (Fsp3) is 0.300. The lowest BCUT2D eigenvalue weighted by Crippen LogP contribution is -2.34. The molecule has 2 N–H and O–H groups in total. The molecule has 0 aliphatic heterocycles. The Kier molecular flexibility index (Phi) is 7.02. The van der Waals surface area contributed by atoms with E-state index in [4.69, 9.17) is 9.47 Å². The van der Waals surface area contributed by atoms with Gasteiger partial charge in [0.1, 0.15) is 0 Å². The van der Waals surface area contributed by atoms with Crippen LogP contribution in [0.15, 0.2) is 48.5 Å². The number of rotatable bonds is 9. The lowest BCUT2D eigenvalue weighted by molar-refractivity contribution is -0.141. The first-order chi connectivity index (χ1) is 12.5. The van der Waals surface area contributed by atoms with E-state index in [1.54, 1.807) is 25.3 Å². The summed E-state index contributed by atoms with van der Waals surface area (Å²) in [5.74, 6) is -0.709. The van der Waals surface area contributed by atoms with Crippen molar-refractivity contribution in [3.63, 3.8) is 0 Å². The second kappa shape index (κ2) is 9.46. The Balaban J connectivity index is 1.93. The van der Waals surface area contributed by atoms with Gasteiger partial charge in [0.15, 0.2) is 11.5 Å². The average Bonchev–Trinajstić information content (AvgIpc) is 2.65. The standard InChI is InChI=1S/C20H23NO5/c1-25-17-9-8-15(11-18(17)26-2)12-19(22)21-13-16(20(23)24)10-14-6-4-3-5-7-14/h3-9,11,16H,10,12-13H2,1-2H3,(H,21,22)(H,23,24). The molecule has 1 atom stereocenters.